The summed E-state index contributed by atoms with van der Waals surface area (Å²) in [5.74, 6) is -1.28. The predicted octanol–water partition coefficient (Wildman–Crippen LogP) is 25.6. The second-order valence-corrected chi connectivity index (χ2v) is 33.6. The molecule has 0 amide bonds. The lowest BCUT2D eigenvalue weighted by molar-refractivity contribution is -0.161. The van der Waals surface area contributed by atoms with Gasteiger partial charge in [0.25, 0.3) is 0 Å². The predicted molar refractivity (Wildman–Crippen MR) is 423 cm³/mol. The largest absolute Gasteiger partial charge is 0.472 e. The van der Waals surface area contributed by atoms with Crippen LogP contribution in [0.1, 0.15) is 452 Å². The van der Waals surface area contributed by atoms with Gasteiger partial charge in [-0.05, 0) is 31.6 Å². The zero-order valence-corrected chi connectivity index (χ0v) is 69.3. The maximum Gasteiger partial charge on any atom is 0.472 e. The maximum absolute atomic E-state index is 13.1. The van der Waals surface area contributed by atoms with Gasteiger partial charge in [0.1, 0.15) is 19.3 Å². The van der Waals surface area contributed by atoms with Crippen molar-refractivity contribution in [2.24, 2.45) is 5.92 Å². The van der Waals surface area contributed by atoms with E-state index < -0.39 is 97.5 Å². The highest BCUT2D eigenvalue weighted by molar-refractivity contribution is 7.47. The number of unbranched alkanes of at least 4 members (excludes halogenated alkanes) is 56. The van der Waals surface area contributed by atoms with E-state index in [4.69, 9.17) is 37.0 Å². The molecule has 0 spiro atoms. The summed E-state index contributed by atoms with van der Waals surface area (Å²) in [5, 5.41) is 10.7. The van der Waals surface area contributed by atoms with Gasteiger partial charge in [-0.3, -0.25) is 37.3 Å². The minimum absolute atomic E-state index is 0.109. The van der Waals surface area contributed by atoms with Crippen molar-refractivity contribution in [1.29, 1.82) is 0 Å². The van der Waals surface area contributed by atoms with Crippen LogP contribution in [0.4, 0.5) is 0 Å². The number of aliphatic hydroxyl groups excluding tert-OH is 1. The molecule has 0 saturated carbocycles. The van der Waals surface area contributed by atoms with E-state index in [1.165, 1.54) is 276 Å². The third kappa shape index (κ3) is 78.0. The Morgan fingerprint density at radius 3 is 0.660 bits per heavy atom. The number of hydrogen-bond acceptors (Lipinski definition) is 15. The van der Waals surface area contributed by atoms with Gasteiger partial charge in [0.05, 0.1) is 26.4 Å². The molecule has 2 unspecified atom stereocenters. The summed E-state index contributed by atoms with van der Waals surface area (Å²) in [5.41, 5.74) is 0. The van der Waals surface area contributed by atoms with E-state index in [1.54, 1.807) is 0 Å². The van der Waals surface area contributed by atoms with Crippen molar-refractivity contribution < 1.29 is 80.2 Å². The van der Waals surface area contributed by atoms with Gasteiger partial charge in [-0.2, -0.15) is 0 Å². The van der Waals surface area contributed by atoms with Gasteiger partial charge < -0.3 is 33.8 Å². The van der Waals surface area contributed by atoms with Crippen LogP contribution in [0.2, 0.25) is 0 Å². The topological polar surface area (TPSA) is 237 Å². The summed E-state index contributed by atoms with van der Waals surface area (Å²) in [6.45, 7) is 7.40. The number of carbonyl (C=O) groups is 4. The molecule has 0 aliphatic rings. The molecular weight excluding hydrogens is 1340 g/mol. The summed E-state index contributed by atoms with van der Waals surface area (Å²) in [6.07, 6.45) is 69.2. The minimum Gasteiger partial charge on any atom is -0.462 e. The van der Waals surface area contributed by atoms with Gasteiger partial charge >= 0.3 is 39.5 Å². The van der Waals surface area contributed by atoms with Crippen LogP contribution in [-0.4, -0.2) is 96.7 Å². The van der Waals surface area contributed by atoms with Crippen LogP contribution in [0.25, 0.3) is 0 Å². The fourth-order valence-corrected chi connectivity index (χ4v) is 14.7. The van der Waals surface area contributed by atoms with E-state index in [0.29, 0.717) is 25.7 Å². The van der Waals surface area contributed by atoms with E-state index in [2.05, 4.69) is 34.6 Å². The summed E-state index contributed by atoms with van der Waals surface area (Å²) in [7, 11) is -9.92. The molecule has 19 heteroatoms. The Balaban J connectivity index is 5.24. The average Bonchev–Trinajstić information content (AvgIpc) is 0.982. The van der Waals surface area contributed by atoms with Gasteiger partial charge in [-0.15, -0.1) is 0 Å². The highest BCUT2D eigenvalue weighted by Gasteiger charge is 2.30. The third-order valence-electron chi connectivity index (χ3n) is 19.8. The van der Waals surface area contributed by atoms with Gasteiger partial charge in [0.2, 0.25) is 0 Å². The fourth-order valence-electron chi connectivity index (χ4n) is 13.1. The van der Waals surface area contributed by atoms with E-state index in [0.717, 1.165) is 95.8 Å². The van der Waals surface area contributed by atoms with Crippen LogP contribution < -0.4 is 0 Å². The third-order valence-corrected chi connectivity index (χ3v) is 21.7. The molecule has 0 aromatic rings. The monoisotopic (exact) mass is 1510 g/mol. The second kappa shape index (κ2) is 76.8. The van der Waals surface area contributed by atoms with Crippen molar-refractivity contribution in [3.05, 3.63) is 0 Å². The van der Waals surface area contributed by atoms with E-state index in [-0.39, 0.29) is 25.7 Å². The Labute approximate surface area is 632 Å². The molecule has 17 nitrogen and oxygen atoms in total. The summed E-state index contributed by atoms with van der Waals surface area (Å²) in [6, 6.07) is 0. The molecule has 0 aromatic heterocycles. The van der Waals surface area contributed by atoms with E-state index in [9.17, 15) is 43.2 Å². The average molecular weight is 1510 g/mol. The SMILES string of the molecule is CCCCCCCCCCCCCCCCCCC(=O)OC[C@H](COP(=O)(O)OC[C@@H](O)COP(=O)(O)OC[C@@H](COC(=O)CCCCCCCCCCCCCCC)OC(=O)CCCCCCCCCCCCCCC)OC(=O)CCCCCCCCCCCCCCCCCCCCC(C)C. The molecule has 0 heterocycles. The van der Waals surface area contributed by atoms with Gasteiger partial charge in [0, 0.05) is 25.7 Å². The Morgan fingerprint density at radius 1 is 0.262 bits per heavy atom. The lowest BCUT2D eigenvalue weighted by Crippen LogP contribution is -2.30. The van der Waals surface area contributed by atoms with E-state index in [1.807, 2.05) is 0 Å². The zero-order valence-electron chi connectivity index (χ0n) is 67.5. The first-order valence-electron chi connectivity index (χ1n) is 43.6. The molecule has 0 rings (SSSR count). The van der Waals surface area contributed by atoms with Gasteiger partial charge in [-0.1, -0.05) is 401 Å². The minimum atomic E-state index is -4.96. The lowest BCUT2D eigenvalue weighted by Gasteiger charge is -2.21. The summed E-state index contributed by atoms with van der Waals surface area (Å²) < 4.78 is 68.8. The van der Waals surface area contributed by atoms with Gasteiger partial charge in [0.15, 0.2) is 12.2 Å². The maximum atomic E-state index is 13.1. The number of esters is 4. The van der Waals surface area contributed by atoms with Crippen LogP contribution in [0.3, 0.4) is 0 Å². The molecule has 0 saturated heterocycles. The molecule has 5 atom stereocenters. The van der Waals surface area contributed by atoms with Crippen molar-refractivity contribution in [3.63, 3.8) is 0 Å². The highest BCUT2D eigenvalue weighted by Crippen LogP contribution is 2.45. The van der Waals surface area contributed by atoms with E-state index >= 15 is 0 Å². The number of ether oxygens (including phenoxy) is 4. The molecule has 612 valence electrons. The van der Waals surface area contributed by atoms with Crippen molar-refractivity contribution in [2.45, 2.75) is 470 Å². The number of phosphoric ester groups is 2. The zero-order chi connectivity index (χ0) is 75.5. The van der Waals surface area contributed by atoms with Crippen molar-refractivity contribution in [2.75, 3.05) is 39.6 Å². The number of rotatable bonds is 84. The first kappa shape index (κ1) is 101. The van der Waals surface area contributed by atoms with Crippen molar-refractivity contribution >= 4 is 39.5 Å². The molecule has 0 aromatic carbocycles. The number of carbonyl (C=O) groups excluding carboxylic acids is 4. The number of aliphatic hydroxyl groups is 1. The Hall–Kier alpha value is -1.94. The molecule has 103 heavy (non-hydrogen) atoms. The molecule has 0 aliphatic heterocycles. The first-order chi connectivity index (χ1) is 50.0. The fraction of sp³-hybridized carbons (Fsp3) is 0.952. The smallest absolute Gasteiger partial charge is 0.462 e. The normalized spacial score (nSPS) is 13.8. The standard InChI is InChI=1S/C84H164O17P2/c1-6-9-12-15-18-21-24-27-28-34-39-43-48-53-58-63-68-82(87)95-74-80(101-84(89)70-65-60-55-50-45-40-35-32-30-29-31-33-38-41-46-51-56-61-66-77(4)5)76-99-103(92,93)97-72-78(85)71-96-102(90,91)98-75-79(100-83(88)69-64-59-54-49-44-37-26-23-20-17-14-11-8-3)73-94-81(86)67-62-57-52-47-42-36-25-22-19-16-13-10-7-2/h77-80,85H,6-76H2,1-5H3,(H,90,91)(H,92,93)/t78-,79+,80+/m0/s1. The Morgan fingerprint density at radius 2 is 0.447 bits per heavy atom. The highest BCUT2D eigenvalue weighted by atomic mass is 31.2. The number of phosphoric acid groups is 2. The first-order valence-corrected chi connectivity index (χ1v) is 46.6. The van der Waals surface area contributed by atoms with Gasteiger partial charge in [-0.25, -0.2) is 9.13 Å². The summed E-state index contributed by atoms with van der Waals surface area (Å²) in [4.78, 5) is 73.2. The molecule has 0 aliphatic carbocycles. The number of hydrogen-bond donors (Lipinski definition) is 3. The Bertz CT molecular complexity index is 1960. The van der Waals surface area contributed by atoms with Crippen molar-refractivity contribution in [1.82, 2.24) is 0 Å². The molecule has 0 radical (unpaired) electrons. The Kier molecular flexibility index (Phi) is 75.4. The van der Waals surface area contributed by atoms with Crippen LogP contribution in [-0.2, 0) is 65.4 Å². The molecule has 0 fully saturated rings. The quantitative estimate of drug-likeness (QED) is 0.0222. The molecule has 3 N–H and O–H groups in total. The van der Waals surface area contributed by atoms with Crippen molar-refractivity contribution in [3.8, 4) is 0 Å². The van der Waals surface area contributed by atoms with Crippen LogP contribution >= 0.6 is 15.6 Å². The summed E-state index contributed by atoms with van der Waals surface area (Å²) >= 11 is 0. The van der Waals surface area contributed by atoms with Crippen LogP contribution in [0.5, 0.6) is 0 Å². The lowest BCUT2D eigenvalue weighted by atomic mass is 10.0. The second-order valence-electron chi connectivity index (χ2n) is 30.7. The van der Waals surface area contributed by atoms with Crippen LogP contribution in [0.15, 0.2) is 0 Å². The van der Waals surface area contributed by atoms with Crippen LogP contribution in [0, 0.1) is 5.92 Å². The molecular formula is C84H164O17P2. The molecule has 0 bridgehead atoms.